The van der Waals surface area contributed by atoms with Crippen molar-refractivity contribution < 1.29 is 0 Å². The number of rotatable bonds is 3. The van der Waals surface area contributed by atoms with Crippen LogP contribution < -0.4 is 5.32 Å². The molecular formula is C19H22N4. The van der Waals surface area contributed by atoms with Gasteiger partial charge in [-0.3, -0.25) is 4.98 Å². The minimum Gasteiger partial charge on any atom is -0.333 e. The van der Waals surface area contributed by atoms with Gasteiger partial charge in [0, 0.05) is 42.8 Å². The van der Waals surface area contributed by atoms with Crippen LogP contribution in [0, 0.1) is 13.8 Å². The van der Waals surface area contributed by atoms with E-state index < -0.39 is 0 Å². The highest BCUT2D eigenvalue weighted by atomic mass is 15.1. The largest absolute Gasteiger partial charge is 0.333 e. The summed E-state index contributed by atoms with van der Waals surface area (Å²) in [5.41, 5.74) is 4.58. The zero-order valence-electron chi connectivity index (χ0n) is 13.7. The van der Waals surface area contributed by atoms with Gasteiger partial charge in [-0.15, -0.1) is 0 Å². The van der Waals surface area contributed by atoms with Crippen molar-refractivity contribution in [2.75, 3.05) is 0 Å². The van der Waals surface area contributed by atoms with Gasteiger partial charge in [0.15, 0.2) is 0 Å². The third kappa shape index (κ3) is 2.99. The molecule has 0 unspecified atom stereocenters. The number of benzene rings is 1. The first-order valence-electron chi connectivity index (χ1n) is 8.30. The minimum absolute atomic E-state index is 0.517. The molecule has 3 aromatic rings. The lowest BCUT2D eigenvalue weighted by molar-refractivity contribution is 0.379. The van der Waals surface area contributed by atoms with E-state index >= 15 is 0 Å². The number of pyridine rings is 1. The first kappa shape index (κ1) is 14.4. The maximum atomic E-state index is 4.57. The van der Waals surface area contributed by atoms with Crippen molar-refractivity contribution in [1.82, 2.24) is 19.9 Å². The fourth-order valence-electron chi connectivity index (χ4n) is 3.40. The van der Waals surface area contributed by atoms with E-state index in [1.54, 1.807) is 0 Å². The second kappa shape index (κ2) is 5.78. The molecule has 4 rings (SSSR count). The molecule has 0 spiro atoms. The van der Waals surface area contributed by atoms with E-state index in [9.17, 15) is 0 Å². The number of hydrogen-bond acceptors (Lipinski definition) is 3. The second-order valence-electron chi connectivity index (χ2n) is 6.55. The summed E-state index contributed by atoms with van der Waals surface area (Å²) in [5.74, 6) is 1.23. The molecule has 0 bridgehead atoms. The van der Waals surface area contributed by atoms with Crippen molar-refractivity contribution in [1.29, 1.82) is 0 Å². The first-order chi connectivity index (χ1) is 11.2. The lowest BCUT2D eigenvalue weighted by atomic mass is 10.1. The van der Waals surface area contributed by atoms with E-state index in [4.69, 9.17) is 0 Å². The Hall–Kier alpha value is -2.20. The van der Waals surface area contributed by atoms with E-state index in [1.165, 1.54) is 16.8 Å². The third-order valence-electron chi connectivity index (χ3n) is 4.60. The minimum atomic E-state index is 0.517. The smallest absolute Gasteiger partial charge is 0.109 e. The molecule has 4 heteroatoms. The van der Waals surface area contributed by atoms with Gasteiger partial charge in [-0.1, -0.05) is 12.1 Å². The molecule has 0 saturated carbocycles. The number of imidazole rings is 1. The normalized spacial score (nSPS) is 17.4. The summed E-state index contributed by atoms with van der Waals surface area (Å²) in [6, 6.07) is 11.3. The molecule has 1 aliphatic rings. The van der Waals surface area contributed by atoms with Gasteiger partial charge in [0.05, 0.1) is 11.2 Å². The molecule has 4 nitrogen and oxygen atoms in total. The highest BCUT2D eigenvalue weighted by Gasteiger charge is 2.19. The Bertz CT molecular complexity index is 850. The molecule has 2 aromatic heterocycles. The van der Waals surface area contributed by atoms with Gasteiger partial charge in [0.1, 0.15) is 5.82 Å². The topological polar surface area (TPSA) is 42.7 Å². The van der Waals surface area contributed by atoms with Crippen molar-refractivity contribution in [3.05, 3.63) is 59.3 Å². The van der Waals surface area contributed by atoms with Crippen LogP contribution in [0.4, 0.5) is 0 Å². The molecule has 0 saturated heterocycles. The van der Waals surface area contributed by atoms with E-state index in [0.717, 1.165) is 42.8 Å². The molecule has 1 N–H and O–H groups in total. The average molecular weight is 306 g/mol. The SMILES string of the molecule is Cc1cn2c(n1)CC[C@H](NCc1ccc3nc(C)ccc3c1)C2. The number of nitrogens with zero attached hydrogens (tertiary/aromatic N) is 3. The van der Waals surface area contributed by atoms with Crippen LogP contribution in [-0.4, -0.2) is 20.6 Å². The van der Waals surface area contributed by atoms with Gasteiger partial charge < -0.3 is 9.88 Å². The highest BCUT2D eigenvalue weighted by molar-refractivity contribution is 5.79. The molecule has 0 aliphatic carbocycles. The van der Waals surface area contributed by atoms with Crippen LogP contribution in [0.15, 0.2) is 36.5 Å². The standard InChI is InChI=1S/C19H22N4/c1-13-3-5-16-9-15(4-7-18(16)21-13)10-20-17-6-8-19-22-14(2)11-23(19)12-17/h3-5,7,9,11,17,20H,6,8,10,12H2,1-2H3/t17-/m0/s1. The maximum Gasteiger partial charge on any atom is 0.109 e. The van der Waals surface area contributed by atoms with Crippen molar-refractivity contribution in [3.8, 4) is 0 Å². The van der Waals surface area contributed by atoms with Crippen molar-refractivity contribution in [2.24, 2.45) is 0 Å². The molecule has 1 aromatic carbocycles. The Morgan fingerprint density at radius 1 is 1.13 bits per heavy atom. The number of fused-ring (bicyclic) bond motifs is 2. The highest BCUT2D eigenvalue weighted by Crippen LogP contribution is 2.17. The van der Waals surface area contributed by atoms with E-state index in [1.807, 2.05) is 6.92 Å². The molecule has 0 radical (unpaired) electrons. The Labute approximate surface area is 136 Å². The maximum absolute atomic E-state index is 4.57. The van der Waals surface area contributed by atoms with Crippen molar-refractivity contribution in [2.45, 2.75) is 45.8 Å². The molecule has 23 heavy (non-hydrogen) atoms. The monoisotopic (exact) mass is 306 g/mol. The quantitative estimate of drug-likeness (QED) is 0.808. The Kier molecular flexibility index (Phi) is 3.62. The summed E-state index contributed by atoms with van der Waals surface area (Å²) < 4.78 is 2.30. The number of aryl methyl sites for hydroxylation is 3. The van der Waals surface area contributed by atoms with E-state index in [2.05, 4.69) is 63.3 Å². The van der Waals surface area contributed by atoms with Gasteiger partial charge in [-0.05, 0) is 44.0 Å². The summed E-state index contributed by atoms with van der Waals surface area (Å²) >= 11 is 0. The number of aromatic nitrogens is 3. The van der Waals surface area contributed by atoms with Crippen LogP contribution in [0.3, 0.4) is 0 Å². The van der Waals surface area contributed by atoms with E-state index in [-0.39, 0.29) is 0 Å². The van der Waals surface area contributed by atoms with Gasteiger partial charge in [-0.25, -0.2) is 4.98 Å². The fraction of sp³-hybridized carbons (Fsp3) is 0.368. The van der Waals surface area contributed by atoms with Crippen LogP contribution >= 0.6 is 0 Å². The van der Waals surface area contributed by atoms with Gasteiger partial charge in [0.2, 0.25) is 0 Å². The summed E-state index contributed by atoms with van der Waals surface area (Å²) in [6.07, 6.45) is 4.38. The van der Waals surface area contributed by atoms with Crippen LogP contribution in [0.2, 0.25) is 0 Å². The zero-order chi connectivity index (χ0) is 15.8. The van der Waals surface area contributed by atoms with E-state index in [0.29, 0.717) is 6.04 Å². The van der Waals surface area contributed by atoms with Gasteiger partial charge in [0.25, 0.3) is 0 Å². The lowest BCUT2D eigenvalue weighted by Crippen LogP contribution is -2.36. The summed E-state index contributed by atoms with van der Waals surface area (Å²) in [4.78, 5) is 9.14. The first-order valence-corrected chi connectivity index (χ1v) is 8.30. The number of nitrogens with one attached hydrogen (secondary N) is 1. The lowest BCUT2D eigenvalue weighted by Gasteiger charge is -2.25. The summed E-state index contributed by atoms with van der Waals surface area (Å²) in [5, 5.41) is 4.91. The molecule has 0 amide bonds. The van der Waals surface area contributed by atoms with Crippen molar-refractivity contribution in [3.63, 3.8) is 0 Å². The van der Waals surface area contributed by atoms with Crippen molar-refractivity contribution >= 4 is 10.9 Å². The summed E-state index contributed by atoms with van der Waals surface area (Å²) in [7, 11) is 0. The molecule has 118 valence electrons. The fourth-order valence-corrected chi connectivity index (χ4v) is 3.40. The molecule has 0 fully saturated rings. The van der Waals surface area contributed by atoms with Crippen LogP contribution in [0.5, 0.6) is 0 Å². The van der Waals surface area contributed by atoms with Crippen LogP contribution in [0.25, 0.3) is 10.9 Å². The van der Waals surface area contributed by atoms with Crippen LogP contribution in [-0.2, 0) is 19.5 Å². The molecule has 3 heterocycles. The van der Waals surface area contributed by atoms with Gasteiger partial charge >= 0.3 is 0 Å². The zero-order valence-corrected chi connectivity index (χ0v) is 13.7. The average Bonchev–Trinajstić information content (AvgIpc) is 2.92. The predicted octanol–water partition coefficient (Wildman–Crippen LogP) is 3.15. The molecule has 1 aliphatic heterocycles. The molecule has 1 atom stereocenters. The predicted molar refractivity (Wildman–Crippen MR) is 92.4 cm³/mol. The third-order valence-corrected chi connectivity index (χ3v) is 4.60. The second-order valence-corrected chi connectivity index (χ2v) is 6.55. The van der Waals surface area contributed by atoms with Crippen LogP contribution in [0.1, 0.15) is 29.2 Å². The Balaban J connectivity index is 1.44. The van der Waals surface area contributed by atoms with Gasteiger partial charge in [-0.2, -0.15) is 0 Å². The summed E-state index contributed by atoms with van der Waals surface area (Å²) in [6.45, 7) is 6.02. The Morgan fingerprint density at radius 3 is 2.96 bits per heavy atom. The number of hydrogen-bond donors (Lipinski definition) is 1. The Morgan fingerprint density at radius 2 is 2.04 bits per heavy atom. The molecular weight excluding hydrogens is 284 g/mol.